The van der Waals surface area contributed by atoms with Crippen molar-refractivity contribution in [1.29, 1.82) is 0 Å². The van der Waals surface area contributed by atoms with Gasteiger partial charge in [-0.1, -0.05) is 23.4 Å². The molecule has 8 heteroatoms. The van der Waals surface area contributed by atoms with Gasteiger partial charge in [-0.3, -0.25) is 4.79 Å². The lowest BCUT2D eigenvalue weighted by Crippen LogP contribution is -2.24. The molecule has 0 spiro atoms. The number of hydrogen-bond acceptors (Lipinski definition) is 5. The lowest BCUT2D eigenvalue weighted by atomic mass is 10.0. The third kappa shape index (κ3) is 3.17. The first-order chi connectivity index (χ1) is 10.7. The second-order valence-corrected chi connectivity index (χ2v) is 5.61. The Hall–Kier alpha value is -2.61. The van der Waals surface area contributed by atoms with E-state index in [1.807, 2.05) is 17.5 Å². The fourth-order valence-corrected chi connectivity index (χ4v) is 2.78. The molecule has 22 heavy (non-hydrogen) atoms. The number of para-hydroxylation sites is 1. The van der Waals surface area contributed by atoms with Crippen LogP contribution < -0.4 is 5.32 Å². The predicted octanol–water partition coefficient (Wildman–Crippen LogP) is 2.37. The number of thiophene rings is 1. The molecule has 0 saturated heterocycles. The lowest BCUT2D eigenvalue weighted by Gasteiger charge is -2.13. The molecule has 1 atom stereocenters. The van der Waals surface area contributed by atoms with E-state index in [9.17, 15) is 9.18 Å². The number of benzene rings is 1. The summed E-state index contributed by atoms with van der Waals surface area (Å²) < 4.78 is 13.7. The largest absolute Gasteiger partial charge is 0.323 e. The smallest absolute Gasteiger partial charge is 0.235 e. The van der Waals surface area contributed by atoms with Gasteiger partial charge in [0, 0.05) is 11.3 Å². The Kier molecular flexibility index (Phi) is 4.19. The highest BCUT2D eigenvalue weighted by Crippen LogP contribution is 2.23. The van der Waals surface area contributed by atoms with Gasteiger partial charge < -0.3 is 5.32 Å². The molecule has 0 bridgehead atoms. The standard InChI is InChI=1S/C14H12FN5OS/c15-11-5-1-2-6-12(11)16-14(21)10(13-17-19-20-18-13)8-9-4-3-7-22-9/h1-7,10H,8H2,(H,16,21)(H,17,18,19,20)/t10-/m0/s1. The molecule has 0 aliphatic rings. The van der Waals surface area contributed by atoms with Crippen molar-refractivity contribution in [2.24, 2.45) is 0 Å². The summed E-state index contributed by atoms with van der Waals surface area (Å²) in [5.41, 5.74) is 0.132. The predicted molar refractivity (Wildman–Crippen MR) is 80.0 cm³/mol. The van der Waals surface area contributed by atoms with Crippen LogP contribution in [0, 0.1) is 5.82 Å². The zero-order valence-corrected chi connectivity index (χ0v) is 12.2. The maximum absolute atomic E-state index is 13.7. The van der Waals surface area contributed by atoms with E-state index in [4.69, 9.17) is 0 Å². The molecule has 3 aromatic rings. The van der Waals surface area contributed by atoms with Crippen molar-refractivity contribution in [3.63, 3.8) is 0 Å². The van der Waals surface area contributed by atoms with Crippen LogP contribution >= 0.6 is 11.3 Å². The molecular weight excluding hydrogens is 305 g/mol. The molecule has 0 unspecified atom stereocenters. The van der Waals surface area contributed by atoms with Gasteiger partial charge >= 0.3 is 0 Å². The van der Waals surface area contributed by atoms with Crippen LogP contribution in [0.5, 0.6) is 0 Å². The Balaban J connectivity index is 1.82. The Morgan fingerprint density at radius 3 is 2.86 bits per heavy atom. The highest BCUT2D eigenvalue weighted by Gasteiger charge is 2.26. The molecular formula is C14H12FN5OS. The normalized spacial score (nSPS) is 12.0. The topological polar surface area (TPSA) is 83.6 Å². The number of hydrogen-bond donors (Lipinski definition) is 2. The van der Waals surface area contributed by atoms with Crippen molar-refractivity contribution in [3.8, 4) is 0 Å². The Labute approximate surface area is 129 Å². The maximum atomic E-state index is 13.7. The van der Waals surface area contributed by atoms with Crippen LogP contribution in [0.3, 0.4) is 0 Å². The van der Waals surface area contributed by atoms with Crippen molar-refractivity contribution in [2.45, 2.75) is 12.3 Å². The molecule has 3 rings (SSSR count). The van der Waals surface area contributed by atoms with E-state index in [1.165, 1.54) is 23.5 Å². The molecule has 1 amide bonds. The number of aromatic amines is 1. The average molecular weight is 317 g/mol. The van der Waals surface area contributed by atoms with Gasteiger partial charge in [0.25, 0.3) is 0 Å². The first kappa shape index (κ1) is 14.3. The lowest BCUT2D eigenvalue weighted by molar-refractivity contribution is -0.117. The van der Waals surface area contributed by atoms with Gasteiger partial charge in [0.05, 0.1) is 5.69 Å². The number of halogens is 1. The van der Waals surface area contributed by atoms with Gasteiger partial charge in [-0.2, -0.15) is 5.21 Å². The molecule has 0 fully saturated rings. The Bertz CT molecular complexity index is 744. The third-order valence-corrected chi connectivity index (χ3v) is 4.01. The number of rotatable bonds is 5. The summed E-state index contributed by atoms with van der Waals surface area (Å²) in [5, 5.41) is 18.1. The first-order valence-electron chi connectivity index (χ1n) is 6.55. The molecule has 112 valence electrons. The Morgan fingerprint density at radius 2 is 2.18 bits per heavy atom. The number of anilines is 1. The molecule has 1 aromatic carbocycles. The summed E-state index contributed by atoms with van der Waals surface area (Å²) in [6.45, 7) is 0. The molecule has 0 radical (unpaired) electrons. The van der Waals surface area contributed by atoms with Gasteiger partial charge in [0.15, 0.2) is 5.82 Å². The van der Waals surface area contributed by atoms with Crippen LogP contribution in [0.1, 0.15) is 16.6 Å². The summed E-state index contributed by atoms with van der Waals surface area (Å²) in [5.74, 6) is -1.22. The zero-order valence-electron chi connectivity index (χ0n) is 11.4. The van der Waals surface area contributed by atoms with Gasteiger partial charge in [-0.05, 0) is 23.6 Å². The Morgan fingerprint density at radius 1 is 1.32 bits per heavy atom. The zero-order chi connectivity index (χ0) is 15.4. The van der Waals surface area contributed by atoms with Gasteiger partial charge in [-0.15, -0.1) is 21.5 Å². The SMILES string of the molecule is O=C(Nc1ccccc1F)[C@@H](Cc1cccs1)c1nn[nH]n1. The van der Waals surface area contributed by atoms with Crippen molar-refractivity contribution in [3.05, 3.63) is 58.3 Å². The van der Waals surface area contributed by atoms with E-state index in [0.29, 0.717) is 6.42 Å². The minimum atomic E-state index is -0.642. The van der Waals surface area contributed by atoms with Gasteiger partial charge in [-0.25, -0.2) is 4.39 Å². The van der Waals surface area contributed by atoms with Crippen molar-refractivity contribution < 1.29 is 9.18 Å². The van der Waals surface area contributed by atoms with E-state index < -0.39 is 11.7 Å². The van der Waals surface area contributed by atoms with Crippen LogP contribution in [-0.2, 0) is 11.2 Å². The molecule has 0 saturated carbocycles. The summed E-state index contributed by atoms with van der Waals surface area (Å²) in [6.07, 6.45) is 0.428. The van der Waals surface area contributed by atoms with E-state index in [1.54, 1.807) is 12.1 Å². The average Bonchev–Trinajstić information content (AvgIpc) is 3.20. The van der Waals surface area contributed by atoms with E-state index in [2.05, 4.69) is 25.9 Å². The van der Waals surface area contributed by atoms with Crippen LogP contribution in [-0.4, -0.2) is 26.5 Å². The second kappa shape index (κ2) is 6.44. The number of carbonyl (C=O) groups excluding carboxylic acids is 1. The third-order valence-electron chi connectivity index (χ3n) is 3.11. The van der Waals surface area contributed by atoms with E-state index in [0.717, 1.165) is 4.88 Å². The number of tetrazole rings is 1. The summed E-state index contributed by atoms with van der Waals surface area (Å²) >= 11 is 1.54. The molecule has 0 aliphatic carbocycles. The highest BCUT2D eigenvalue weighted by atomic mass is 32.1. The fraction of sp³-hybridized carbons (Fsp3) is 0.143. The monoisotopic (exact) mass is 317 g/mol. The number of aromatic nitrogens is 4. The van der Waals surface area contributed by atoms with Crippen LogP contribution in [0.15, 0.2) is 41.8 Å². The minimum Gasteiger partial charge on any atom is -0.323 e. The number of nitrogens with one attached hydrogen (secondary N) is 2. The van der Waals surface area contributed by atoms with Crippen molar-refractivity contribution >= 4 is 22.9 Å². The van der Waals surface area contributed by atoms with Crippen LogP contribution in [0.4, 0.5) is 10.1 Å². The van der Waals surface area contributed by atoms with Crippen molar-refractivity contribution in [1.82, 2.24) is 20.6 Å². The van der Waals surface area contributed by atoms with Crippen LogP contribution in [0.25, 0.3) is 0 Å². The molecule has 6 nitrogen and oxygen atoms in total. The van der Waals surface area contributed by atoms with E-state index in [-0.39, 0.29) is 17.4 Å². The number of nitrogens with zero attached hydrogens (tertiary/aromatic N) is 3. The van der Waals surface area contributed by atoms with Gasteiger partial charge in [0.1, 0.15) is 11.7 Å². The second-order valence-electron chi connectivity index (χ2n) is 4.58. The van der Waals surface area contributed by atoms with E-state index >= 15 is 0 Å². The molecule has 2 N–H and O–H groups in total. The van der Waals surface area contributed by atoms with Gasteiger partial charge in [0.2, 0.25) is 5.91 Å². The highest BCUT2D eigenvalue weighted by molar-refractivity contribution is 7.09. The summed E-state index contributed by atoms with van der Waals surface area (Å²) in [6, 6.07) is 9.84. The minimum absolute atomic E-state index is 0.132. The number of carbonyl (C=O) groups is 1. The molecule has 2 aromatic heterocycles. The summed E-state index contributed by atoms with van der Waals surface area (Å²) in [4.78, 5) is 13.5. The first-order valence-corrected chi connectivity index (χ1v) is 7.43. The number of amides is 1. The number of H-pyrrole nitrogens is 1. The molecule has 2 heterocycles. The maximum Gasteiger partial charge on any atom is 0.235 e. The molecule has 0 aliphatic heterocycles. The quantitative estimate of drug-likeness (QED) is 0.756. The summed E-state index contributed by atoms with van der Waals surface area (Å²) in [7, 11) is 0. The fourth-order valence-electron chi connectivity index (χ4n) is 2.03. The van der Waals surface area contributed by atoms with Crippen LogP contribution in [0.2, 0.25) is 0 Å². The van der Waals surface area contributed by atoms with Crippen molar-refractivity contribution in [2.75, 3.05) is 5.32 Å².